The first-order valence-electron chi connectivity index (χ1n) is 3.31. The summed E-state index contributed by atoms with van der Waals surface area (Å²) < 4.78 is 1.50. The van der Waals surface area contributed by atoms with Crippen molar-refractivity contribution in [3.05, 3.63) is 12.7 Å². The standard InChI is InChI=1S/C6H10N4O/c1-5(6(11)7-2)10-4-8-3-9-10/h3-5H,1-2H3,(H,7,11). The van der Waals surface area contributed by atoms with Crippen molar-refractivity contribution in [2.75, 3.05) is 7.05 Å². The van der Waals surface area contributed by atoms with E-state index >= 15 is 0 Å². The van der Waals surface area contributed by atoms with E-state index < -0.39 is 0 Å². The lowest BCUT2D eigenvalue weighted by atomic mass is 10.3. The van der Waals surface area contributed by atoms with Crippen LogP contribution in [-0.2, 0) is 4.79 Å². The fourth-order valence-corrected chi connectivity index (χ4v) is 0.746. The van der Waals surface area contributed by atoms with E-state index in [0.29, 0.717) is 0 Å². The number of likely N-dealkylation sites (N-methyl/N-ethyl adjacent to an activating group) is 1. The van der Waals surface area contributed by atoms with Gasteiger partial charge in [-0.1, -0.05) is 0 Å². The van der Waals surface area contributed by atoms with Crippen LogP contribution in [-0.4, -0.2) is 27.7 Å². The molecule has 5 heteroatoms. The predicted molar refractivity (Wildman–Crippen MR) is 38.8 cm³/mol. The molecule has 1 aromatic rings. The Hall–Kier alpha value is -1.39. The van der Waals surface area contributed by atoms with E-state index in [4.69, 9.17) is 0 Å². The zero-order chi connectivity index (χ0) is 8.27. The lowest BCUT2D eigenvalue weighted by Crippen LogP contribution is -2.27. The van der Waals surface area contributed by atoms with Crippen molar-refractivity contribution in [2.45, 2.75) is 13.0 Å². The summed E-state index contributed by atoms with van der Waals surface area (Å²) in [5.74, 6) is -0.0736. The number of aromatic nitrogens is 3. The Morgan fingerprint density at radius 2 is 2.45 bits per heavy atom. The highest BCUT2D eigenvalue weighted by molar-refractivity contribution is 5.79. The van der Waals surface area contributed by atoms with E-state index in [1.54, 1.807) is 14.0 Å². The number of carbonyl (C=O) groups excluding carboxylic acids is 1. The SMILES string of the molecule is CNC(=O)C(C)n1cncn1. The van der Waals surface area contributed by atoms with Crippen molar-refractivity contribution >= 4 is 5.91 Å². The van der Waals surface area contributed by atoms with Crippen LogP contribution in [0.3, 0.4) is 0 Å². The quantitative estimate of drug-likeness (QED) is 0.629. The van der Waals surface area contributed by atoms with Gasteiger partial charge in [-0.25, -0.2) is 9.67 Å². The molecular formula is C6H10N4O. The molecule has 0 saturated carbocycles. The topological polar surface area (TPSA) is 59.8 Å². The van der Waals surface area contributed by atoms with Crippen molar-refractivity contribution in [1.29, 1.82) is 0 Å². The van der Waals surface area contributed by atoms with Gasteiger partial charge in [-0.2, -0.15) is 5.10 Å². The van der Waals surface area contributed by atoms with Gasteiger partial charge < -0.3 is 5.32 Å². The van der Waals surface area contributed by atoms with Crippen molar-refractivity contribution in [3.8, 4) is 0 Å². The molecule has 1 atom stereocenters. The predicted octanol–water partition coefficient (Wildman–Crippen LogP) is -0.415. The number of amides is 1. The molecule has 0 saturated heterocycles. The van der Waals surface area contributed by atoms with Crippen LogP contribution in [0.2, 0.25) is 0 Å². The van der Waals surface area contributed by atoms with Crippen LogP contribution < -0.4 is 5.32 Å². The Balaban J connectivity index is 2.70. The molecule has 1 amide bonds. The summed E-state index contributed by atoms with van der Waals surface area (Å²) in [5.41, 5.74) is 0. The fraction of sp³-hybridized carbons (Fsp3) is 0.500. The molecule has 1 aromatic heterocycles. The third-order valence-electron chi connectivity index (χ3n) is 1.46. The monoisotopic (exact) mass is 154 g/mol. The van der Waals surface area contributed by atoms with Gasteiger partial charge in [0.1, 0.15) is 18.7 Å². The van der Waals surface area contributed by atoms with Crippen LogP contribution in [0.1, 0.15) is 13.0 Å². The molecule has 60 valence electrons. The molecule has 0 bridgehead atoms. The first-order chi connectivity index (χ1) is 5.25. The number of carbonyl (C=O) groups is 1. The van der Waals surface area contributed by atoms with Crippen LogP contribution in [0.15, 0.2) is 12.7 Å². The van der Waals surface area contributed by atoms with Crippen molar-refractivity contribution < 1.29 is 4.79 Å². The molecule has 1 N–H and O–H groups in total. The van der Waals surface area contributed by atoms with Gasteiger partial charge in [-0.05, 0) is 6.92 Å². The van der Waals surface area contributed by atoms with Gasteiger partial charge in [0, 0.05) is 7.05 Å². The second-order valence-corrected chi connectivity index (χ2v) is 2.17. The lowest BCUT2D eigenvalue weighted by molar-refractivity contribution is -0.123. The Morgan fingerprint density at radius 3 is 2.91 bits per heavy atom. The molecule has 0 aliphatic heterocycles. The minimum Gasteiger partial charge on any atom is -0.357 e. The van der Waals surface area contributed by atoms with E-state index in [-0.39, 0.29) is 11.9 Å². The van der Waals surface area contributed by atoms with Crippen LogP contribution in [0.5, 0.6) is 0 Å². The largest absolute Gasteiger partial charge is 0.357 e. The Morgan fingerprint density at radius 1 is 1.73 bits per heavy atom. The van der Waals surface area contributed by atoms with Crippen molar-refractivity contribution in [1.82, 2.24) is 20.1 Å². The first kappa shape index (κ1) is 7.71. The molecule has 11 heavy (non-hydrogen) atoms. The number of nitrogens with one attached hydrogen (secondary N) is 1. The van der Waals surface area contributed by atoms with Gasteiger partial charge >= 0.3 is 0 Å². The number of rotatable bonds is 2. The average molecular weight is 154 g/mol. The minimum absolute atomic E-state index is 0.0736. The van der Waals surface area contributed by atoms with Crippen molar-refractivity contribution in [2.24, 2.45) is 0 Å². The molecular weight excluding hydrogens is 144 g/mol. The Kier molecular flexibility index (Phi) is 2.20. The van der Waals surface area contributed by atoms with E-state index in [9.17, 15) is 4.79 Å². The molecule has 1 unspecified atom stereocenters. The van der Waals surface area contributed by atoms with Crippen LogP contribution in [0, 0.1) is 0 Å². The summed E-state index contributed by atoms with van der Waals surface area (Å²) in [4.78, 5) is 14.7. The zero-order valence-electron chi connectivity index (χ0n) is 6.48. The molecule has 0 spiro atoms. The summed E-state index contributed by atoms with van der Waals surface area (Å²) in [7, 11) is 1.59. The van der Waals surface area contributed by atoms with Crippen LogP contribution in [0.4, 0.5) is 0 Å². The van der Waals surface area contributed by atoms with Gasteiger partial charge in [0.2, 0.25) is 5.91 Å². The molecule has 0 radical (unpaired) electrons. The summed E-state index contributed by atoms with van der Waals surface area (Å²) in [5, 5.41) is 6.36. The maximum atomic E-state index is 11.0. The highest BCUT2D eigenvalue weighted by Crippen LogP contribution is 1.99. The number of hydrogen-bond acceptors (Lipinski definition) is 3. The van der Waals surface area contributed by atoms with E-state index in [1.807, 2.05) is 0 Å². The van der Waals surface area contributed by atoms with Gasteiger partial charge in [-0.15, -0.1) is 0 Å². The fourth-order valence-electron chi connectivity index (χ4n) is 0.746. The molecule has 1 rings (SSSR count). The maximum Gasteiger partial charge on any atom is 0.244 e. The van der Waals surface area contributed by atoms with E-state index in [2.05, 4.69) is 15.4 Å². The Bertz CT molecular complexity index is 231. The van der Waals surface area contributed by atoms with E-state index in [0.717, 1.165) is 0 Å². The smallest absolute Gasteiger partial charge is 0.244 e. The second kappa shape index (κ2) is 3.14. The first-order valence-corrected chi connectivity index (χ1v) is 3.31. The third kappa shape index (κ3) is 1.54. The minimum atomic E-state index is -0.289. The molecule has 0 aliphatic rings. The summed E-state index contributed by atoms with van der Waals surface area (Å²) in [6.07, 6.45) is 2.92. The molecule has 5 nitrogen and oxygen atoms in total. The van der Waals surface area contributed by atoms with Crippen molar-refractivity contribution in [3.63, 3.8) is 0 Å². The van der Waals surface area contributed by atoms with Gasteiger partial charge in [0.05, 0.1) is 0 Å². The maximum absolute atomic E-state index is 11.0. The van der Waals surface area contributed by atoms with Crippen LogP contribution in [0.25, 0.3) is 0 Å². The van der Waals surface area contributed by atoms with Gasteiger partial charge in [0.25, 0.3) is 0 Å². The number of hydrogen-bond donors (Lipinski definition) is 1. The normalized spacial score (nSPS) is 12.5. The highest BCUT2D eigenvalue weighted by Gasteiger charge is 2.12. The second-order valence-electron chi connectivity index (χ2n) is 2.17. The zero-order valence-corrected chi connectivity index (χ0v) is 6.48. The van der Waals surface area contributed by atoms with E-state index in [1.165, 1.54) is 17.3 Å². The van der Waals surface area contributed by atoms with Gasteiger partial charge in [-0.3, -0.25) is 4.79 Å². The average Bonchev–Trinajstić information content (AvgIpc) is 2.53. The summed E-state index contributed by atoms with van der Waals surface area (Å²) >= 11 is 0. The molecule has 1 heterocycles. The molecule has 0 aromatic carbocycles. The summed E-state index contributed by atoms with van der Waals surface area (Å²) in [6, 6.07) is -0.289. The Labute approximate surface area is 64.4 Å². The third-order valence-corrected chi connectivity index (χ3v) is 1.46. The summed E-state index contributed by atoms with van der Waals surface area (Å²) in [6.45, 7) is 1.76. The molecule has 0 fully saturated rings. The highest BCUT2D eigenvalue weighted by atomic mass is 16.2. The van der Waals surface area contributed by atoms with Crippen LogP contribution >= 0.6 is 0 Å². The molecule has 0 aliphatic carbocycles. The van der Waals surface area contributed by atoms with Gasteiger partial charge in [0.15, 0.2) is 0 Å². The number of nitrogens with zero attached hydrogens (tertiary/aromatic N) is 3. The lowest BCUT2D eigenvalue weighted by Gasteiger charge is -2.08.